The smallest absolute Gasteiger partial charge is 0.416 e. The molecule has 0 atom stereocenters. The van der Waals surface area contributed by atoms with Crippen LogP contribution in [0, 0.1) is 15.5 Å². The lowest BCUT2D eigenvalue weighted by Gasteiger charge is -2.36. The number of methoxy groups -OCH3 is 1. The van der Waals surface area contributed by atoms with Gasteiger partial charge in [-0.1, -0.05) is 12.1 Å². The molecule has 2 aromatic carbocycles. The maximum absolute atomic E-state index is 13.0. The quantitative estimate of drug-likeness (QED) is 0.471. The van der Waals surface area contributed by atoms with Gasteiger partial charge in [0.15, 0.2) is 5.17 Å². The molecule has 0 unspecified atom stereocenters. The van der Waals surface area contributed by atoms with Crippen molar-refractivity contribution in [2.45, 2.75) is 24.9 Å². The molecule has 11 heteroatoms. The Morgan fingerprint density at radius 3 is 2.52 bits per heavy atom. The Bertz CT molecular complexity index is 1070. The maximum atomic E-state index is 13.0. The molecule has 0 bridgehead atoms. The van der Waals surface area contributed by atoms with Gasteiger partial charge >= 0.3 is 6.18 Å². The second kappa shape index (κ2) is 8.22. The minimum atomic E-state index is -4.72. The predicted octanol–water partition coefficient (Wildman–Crippen LogP) is 5.14. The van der Waals surface area contributed by atoms with Crippen molar-refractivity contribution in [2.24, 2.45) is 10.4 Å². The second-order valence-electron chi connectivity index (χ2n) is 7.38. The van der Waals surface area contributed by atoms with Gasteiger partial charge in [0, 0.05) is 12.6 Å². The van der Waals surface area contributed by atoms with Gasteiger partial charge < -0.3 is 9.64 Å². The van der Waals surface area contributed by atoms with Crippen molar-refractivity contribution in [3.63, 3.8) is 0 Å². The number of alkyl halides is 3. The first kappa shape index (κ1) is 22.6. The summed E-state index contributed by atoms with van der Waals surface area (Å²) < 4.78 is 44.4. The number of amides is 1. The molecule has 0 saturated heterocycles. The molecule has 0 aromatic heterocycles. The number of nitro benzene ring substituents is 1. The maximum Gasteiger partial charge on any atom is 0.416 e. The summed E-state index contributed by atoms with van der Waals surface area (Å²) in [7, 11) is 1.48. The number of halogens is 3. The van der Waals surface area contributed by atoms with E-state index in [4.69, 9.17) is 4.74 Å². The van der Waals surface area contributed by atoms with Crippen LogP contribution in [0.15, 0.2) is 52.4 Å². The summed E-state index contributed by atoms with van der Waals surface area (Å²) in [4.78, 5) is 28.8. The number of thioether (sulfide) groups is 1. The fourth-order valence-corrected chi connectivity index (χ4v) is 3.94. The highest BCUT2D eigenvalue weighted by atomic mass is 32.2. The van der Waals surface area contributed by atoms with Crippen LogP contribution >= 0.6 is 11.8 Å². The molecule has 0 radical (unpaired) electrons. The van der Waals surface area contributed by atoms with Gasteiger partial charge in [-0.2, -0.15) is 18.2 Å². The number of ether oxygens (including phenoxy) is 1. The van der Waals surface area contributed by atoms with E-state index in [2.05, 4.69) is 4.99 Å². The largest absolute Gasteiger partial charge is 0.495 e. The summed E-state index contributed by atoms with van der Waals surface area (Å²) in [5.41, 5.74) is -2.13. The first-order valence-electron chi connectivity index (χ1n) is 9.01. The van der Waals surface area contributed by atoms with Crippen molar-refractivity contribution in [2.75, 3.05) is 18.6 Å². The summed E-state index contributed by atoms with van der Waals surface area (Å²) in [5, 5.41) is 11.6. The monoisotopic (exact) mass is 453 g/mol. The lowest BCUT2D eigenvalue weighted by Crippen LogP contribution is -2.46. The first-order valence-corrected chi connectivity index (χ1v) is 9.83. The third kappa shape index (κ3) is 4.66. The predicted molar refractivity (Wildman–Crippen MR) is 111 cm³/mol. The number of anilines is 1. The van der Waals surface area contributed by atoms with Crippen molar-refractivity contribution in [1.29, 1.82) is 0 Å². The number of nitro groups is 1. The van der Waals surface area contributed by atoms with E-state index in [1.807, 2.05) is 0 Å². The topological polar surface area (TPSA) is 85.0 Å². The van der Waals surface area contributed by atoms with Gasteiger partial charge in [0.2, 0.25) is 0 Å². The number of carbonyl (C=O) groups excluding carboxylic acids is 1. The highest BCUT2D eigenvalue weighted by molar-refractivity contribution is 8.14. The van der Waals surface area contributed by atoms with E-state index in [1.165, 1.54) is 7.11 Å². The van der Waals surface area contributed by atoms with E-state index >= 15 is 0 Å². The third-order valence-electron chi connectivity index (χ3n) is 4.62. The highest BCUT2D eigenvalue weighted by Crippen LogP contribution is 2.41. The van der Waals surface area contributed by atoms with Crippen LogP contribution in [0.25, 0.3) is 0 Å². The zero-order chi connectivity index (χ0) is 23.0. The Morgan fingerprint density at radius 1 is 1.23 bits per heavy atom. The van der Waals surface area contributed by atoms with Gasteiger partial charge in [0.1, 0.15) is 5.75 Å². The molecule has 164 valence electrons. The zero-order valence-electron chi connectivity index (χ0n) is 16.8. The molecule has 1 aliphatic rings. The summed E-state index contributed by atoms with van der Waals surface area (Å²) in [6, 6.07) is 9.21. The van der Waals surface area contributed by atoms with Crippen LogP contribution in [0.5, 0.6) is 5.75 Å². The Morgan fingerprint density at radius 2 is 1.90 bits per heavy atom. The van der Waals surface area contributed by atoms with Crippen LogP contribution in [-0.2, 0) is 11.0 Å². The molecule has 1 aliphatic heterocycles. The molecule has 0 fully saturated rings. The van der Waals surface area contributed by atoms with Gasteiger partial charge in [-0.05, 0) is 49.9 Å². The number of carbonyl (C=O) groups is 1. The number of aliphatic imine (C=N–C) groups is 1. The zero-order valence-corrected chi connectivity index (χ0v) is 17.6. The normalized spacial score (nSPS) is 16.1. The van der Waals surface area contributed by atoms with Crippen molar-refractivity contribution < 1.29 is 27.6 Å². The average molecular weight is 453 g/mol. The molecule has 31 heavy (non-hydrogen) atoms. The molecule has 0 N–H and O–H groups in total. The lowest BCUT2D eigenvalue weighted by molar-refractivity contribution is -0.388. The van der Waals surface area contributed by atoms with Crippen LogP contribution < -0.4 is 9.64 Å². The number of para-hydroxylation sites is 2. The van der Waals surface area contributed by atoms with E-state index in [0.29, 0.717) is 17.5 Å². The highest BCUT2D eigenvalue weighted by Gasteiger charge is 2.39. The van der Waals surface area contributed by atoms with Crippen LogP contribution in [-0.4, -0.2) is 29.7 Å². The molecule has 0 saturated carbocycles. The standard InChI is InChI=1S/C20H18F3N3O4S/c1-19(2)11-25(13-6-4-5-7-15(13)30-3)18(24-17(19)27)31-16-9-8-12(20(21,22)23)10-14(16)26(28)29/h4-10H,11H2,1-3H3. The van der Waals surface area contributed by atoms with E-state index < -0.39 is 33.7 Å². The molecular weight excluding hydrogens is 435 g/mol. The van der Waals surface area contributed by atoms with Gasteiger partial charge in [0.05, 0.1) is 33.6 Å². The molecule has 3 rings (SSSR count). The Kier molecular flexibility index (Phi) is 5.99. The van der Waals surface area contributed by atoms with E-state index in [9.17, 15) is 28.1 Å². The van der Waals surface area contributed by atoms with Gasteiger partial charge in [0.25, 0.3) is 11.6 Å². The molecule has 1 heterocycles. The minimum Gasteiger partial charge on any atom is -0.495 e. The van der Waals surface area contributed by atoms with Gasteiger partial charge in [-0.15, -0.1) is 0 Å². The molecule has 0 spiro atoms. The summed E-state index contributed by atoms with van der Waals surface area (Å²) in [6.07, 6.45) is -4.72. The van der Waals surface area contributed by atoms with Crippen LogP contribution in [0.4, 0.5) is 24.5 Å². The lowest BCUT2D eigenvalue weighted by atomic mass is 9.90. The van der Waals surface area contributed by atoms with E-state index in [1.54, 1.807) is 43.0 Å². The van der Waals surface area contributed by atoms with Crippen molar-refractivity contribution >= 4 is 34.2 Å². The fraction of sp³-hybridized carbons (Fsp3) is 0.300. The van der Waals surface area contributed by atoms with Crippen LogP contribution in [0.2, 0.25) is 0 Å². The second-order valence-corrected chi connectivity index (χ2v) is 8.39. The number of rotatable bonds is 4. The average Bonchev–Trinajstić information content (AvgIpc) is 2.70. The first-order chi connectivity index (χ1) is 14.4. The Labute approximate surface area is 180 Å². The van der Waals surface area contributed by atoms with Gasteiger partial charge in [-0.3, -0.25) is 14.9 Å². The molecular formula is C20H18F3N3O4S. The fourth-order valence-electron chi connectivity index (χ4n) is 2.97. The summed E-state index contributed by atoms with van der Waals surface area (Å²) in [5.74, 6) is 0.0542. The Hall–Kier alpha value is -3.08. The summed E-state index contributed by atoms with van der Waals surface area (Å²) in [6.45, 7) is 3.62. The number of amidine groups is 1. The molecule has 2 aromatic rings. The number of hydrogen-bond donors (Lipinski definition) is 0. The SMILES string of the molecule is COc1ccccc1N1CC(C)(C)C(=O)N=C1Sc1ccc(C(F)(F)F)cc1[N+](=O)[O-]. The van der Waals surface area contributed by atoms with Crippen molar-refractivity contribution in [3.05, 3.63) is 58.1 Å². The Balaban J connectivity index is 2.09. The molecule has 7 nitrogen and oxygen atoms in total. The molecule has 1 amide bonds. The van der Waals surface area contributed by atoms with Gasteiger partial charge in [-0.25, -0.2) is 0 Å². The van der Waals surface area contributed by atoms with E-state index in [0.717, 1.165) is 23.9 Å². The van der Waals surface area contributed by atoms with E-state index in [-0.39, 0.29) is 16.6 Å². The number of nitrogens with zero attached hydrogens (tertiary/aromatic N) is 3. The molecule has 0 aliphatic carbocycles. The third-order valence-corrected chi connectivity index (χ3v) is 5.68. The van der Waals surface area contributed by atoms with Crippen LogP contribution in [0.3, 0.4) is 0 Å². The van der Waals surface area contributed by atoms with Crippen molar-refractivity contribution in [3.8, 4) is 5.75 Å². The van der Waals surface area contributed by atoms with Crippen molar-refractivity contribution in [1.82, 2.24) is 0 Å². The minimum absolute atomic E-state index is 0.0656. The summed E-state index contributed by atoms with van der Waals surface area (Å²) >= 11 is 0.756. The van der Waals surface area contributed by atoms with Crippen LogP contribution in [0.1, 0.15) is 19.4 Å². The number of hydrogen-bond acceptors (Lipinski definition) is 6. The number of benzene rings is 2.